The van der Waals surface area contributed by atoms with Crippen molar-refractivity contribution in [3.05, 3.63) is 56.2 Å². The normalized spacial score (nSPS) is 20.3. The van der Waals surface area contributed by atoms with E-state index >= 15 is 0 Å². The molecular formula is C17H17Cl2NO2S. The molecule has 1 saturated heterocycles. The second kappa shape index (κ2) is 7.22. The van der Waals surface area contributed by atoms with Gasteiger partial charge in [0.2, 0.25) is 0 Å². The van der Waals surface area contributed by atoms with Crippen molar-refractivity contribution < 1.29 is 9.90 Å². The van der Waals surface area contributed by atoms with Crippen LogP contribution in [-0.4, -0.2) is 29.1 Å². The number of thiophene rings is 1. The van der Waals surface area contributed by atoms with Gasteiger partial charge in [0.25, 0.3) is 0 Å². The van der Waals surface area contributed by atoms with Crippen molar-refractivity contribution in [3.8, 4) is 0 Å². The molecule has 1 aliphatic heterocycles. The quantitative estimate of drug-likeness (QED) is 0.829. The number of hydrogen-bond acceptors (Lipinski definition) is 3. The van der Waals surface area contributed by atoms with Gasteiger partial charge >= 0.3 is 5.97 Å². The van der Waals surface area contributed by atoms with Crippen molar-refractivity contribution in [2.45, 2.75) is 18.9 Å². The molecule has 0 amide bonds. The van der Waals surface area contributed by atoms with Gasteiger partial charge in [0, 0.05) is 11.4 Å². The predicted octanol–water partition coefficient (Wildman–Crippen LogP) is 4.94. The van der Waals surface area contributed by atoms with E-state index in [-0.39, 0.29) is 12.0 Å². The van der Waals surface area contributed by atoms with Crippen LogP contribution in [-0.2, 0) is 4.79 Å². The molecule has 1 aromatic carbocycles. The molecule has 1 N–H and O–H groups in total. The predicted molar refractivity (Wildman–Crippen MR) is 94.6 cm³/mol. The second-order valence-electron chi connectivity index (χ2n) is 5.73. The molecule has 23 heavy (non-hydrogen) atoms. The number of carboxylic acid groups (broad SMARTS) is 1. The van der Waals surface area contributed by atoms with Gasteiger partial charge < -0.3 is 5.11 Å². The van der Waals surface area contributed by atoms with Gasteiger partial charge in [-0.1, -0.05) is 41.4 Å². The smallest absolute Gasteiger partial charge is 0.307 e. The van der Waals surface area contributed by atoms with Crippen molar-refractivity contribution >= 4 is 40.5 Å². The van der Waals surface area contributed by atoms with E-state index in [1.54, 1.807) is 17.4 Å². The van der Waals surface area contributed by atoms with Crippen LogP contribution in [0.25, 0.3) is 0 Å². The Morgan fingerprint density at radius 2 is 2.13 bits per heavy atom. The van der Waals surface area contributed by atoms with E-state index in [0.29, 0.717) is 16.6 Å². The maximum Gasteiger partial charge on any atom is 0.307 e. The zero-order chi connectivity index (χ0) is 16.4. The fraction of sp³-hybridized carbons (Fsp3) is 0.353. The monoisotopic (exact) mass is 369 g/mol. The zero-order valence-corrected chi connectivity index (χ0v) is 14.7. The van der Waals surface area contributed by atoms with Gasteiger partial charge in [-0.05, 0) is 42.5 Å². The molecule has 122 valence electrons. The van der Waals surface area contributed by atoms with E-state index in [1.165, 1.54) is 0 Å². The SMILES string of the molecule is O=C(O)C1CCCN(C(c2cccs2)c2cccc(Cl)c2Cl)C1. The van der Waals surface area contributed by atoms with Crippen LogP contribution < -0.4 is 0 Å². The molecule has 1 aliphatic rings. The molecule has 1 aromatic heterocycles. The summed E-state index contributed by atoms with van der Waals surface area (Å²) in [5.74, 6) is -1.05. The van der Waals surface area contributed by atoms with Crippen molar-refractivity contribution in [1.82, 2.24) is 4.90 Å². The van der Waals surface area contributed by atoms with Crippen molar-refractivity contribution in [1.29, 1.82) is 0 Å². The van der Waals surface area contributed by atoms with E-state index in [2.05, 4.69) is 11.0 Å². The van der Waals surface area contributed by atoms with Crippen LogP contribution in [0, 0.1) is 5.92 Å². The summed E-state index contributed by atoms with van der Waals surface area (Å²) in [7, 11) is 0. The minimum Gasteiger partial charge on any atom is -0.481 e. The Bertz CT molecular complexity index is 690. The largest absolute Gasteiger partial charge is 0.481 e. The minimum atomic E-state index is -0.725. The lowest BCUT2D eigenvalue weighted by molar-refractivity contribution is -0.143. The number of carboxylic acids is 1. The minimum absolute atomic E-state index is 0.0525. The van der Waals surface area contributed by atoms with Crippen LogP contribution in [0.15, 0.2) is 35.7 Å². The molecule has 3 nitrogen and oxygen atoms in total. The van der Waals surface area contributed by atoms with Crippen LogP contribution >= 0.6 is 34.5 Å². The number of carbonyl (C=O) groups is 1. The van der Waals surface area contributed by atoms with Gasteiger partial charge in [-0.2, -0.15) is 0 Å². The number of likely N-dealkylation sites (tertiary alicyclic amines) is 1. The number of nitrogens with zero attached hydrogens (tertiary/aromatic N) is 1. The van der Waals surface area contributed by atoms with Crippen molar-refractivity contribution in [2.24, 2.45) is 5.92 Å². The first-order chi connectivity index (χ1) is 11.1. The lowest BCUT2D eigenvalue weighted by atomic mass is 9.94. The number of halogens is 2. The molecule has 1 fully saturated rings. The van der Waals surface area contributed by atoms with E-state index in [1.807, 2.05) is 23.6 Å². The Labute approximate surface area is 149 Å². The van der Waals surface area contributed by atoms with E-state index < -0.39 is 5.97 Å². The average Bonchev–Trinajstić information content (AvgIpc) is 3.06. The molecule has 2 heterocycles. The molecule has 0 radical (unpaired) electrons. The highest BCUT2D eigenvalue weighted by Crippen LogP contribution is 2.40. The standard InChI is InChI=1S/C17H17Cl2NO2S/c18-13-6-1-5-12(15(13)19)16(14-7-3-9-23-14)20-8-2-4-11(10-20)17(21)22/h1,3,5-7,9,11,16H,2,4,8,10H2,(H,21,22). The highest BCUT2D eigenvalue weighted by molar-refractivity contribution is 7.10. The Balaban J connectivity index is 2.00. The lowest BCUT2D eigenvalue weighted by Crippen LogP contribution is -2.41. The van der Waals surface area contributed by atoms with E-state index in [9.17, 15) is 9.90 Å². The summed E-state index contributed by atoms with van der Waals surface area (Å²) in [4.78, 5) is 14.8. The number of benzene rings is 1. The maximum atomic E-state index is 11.4. The molecule has 0 saturated carbocycles. The van der Waals surface area contributed by atoms with Gasteiger partial charge in [0.1, 0.15) is 0 Å². The van der Waals surface area contributed by atoms with Crippen LogP contribution in [0.4, 0.5) is 0 Å². The summed E-state index contributed by atoms with van der Waals surface area (Å²) in [5, 5.41) is 12.5. The summed E-state index contributed by atoms with van der Waals surface area (Å²) >= 11 is 14.3. The van der Waals surface area contributed by atoms with Gasteiger partial charge in [-0.15, -0.1) is 11.3 Å². The maximum absolute atomic E-state index is 11.4. The Kier molecular flexibility index (Phi) is 5.27. The summed E-state index contributed by atoms with van der Waals surface area (Å²) in [6.07, 6.45) is 1.60. The summed E-state index contributed by atoms with van der Waals surface area (Å²) in [5.41, 5.74) is 0.938. The third-order valence-electron chi connectivity index (χ3n) is 4.26. The highest BCUT2D eigenvalue weighted by Gasteiger charge is 2.32. The summed E-state index contributed by atoms with van der Waals surface area (Å²) in [6.45, 7) is 1.38. The van der Waals surface area contributed by atoms with E-state index in [0.717, 1.165) is 29.8 Å². The molecule has 3 rings (SSSR count). The molecular weight excluding hydrogens is 353 g/mol. The highest BCUT2D eigenvalue weighted by atomic mass is 35.5. The molecule has 0 bridgehead atoms. The molecule has 2 aromatic rings. The molecule has 6 heteroatoms. The first kappa shape index (κ1) is 16.8. The summed E-state index contributed by atoms with van der Waals surface area (Å²) in [6, 6.07) is 9.66. The average molecular weight is 370 g/mol. The van der Waals surface area contributed by atoms with Crippen LogP contribution in [0.1, 0.15) is 29.3 Å². The number of rotatable bonds is 4. The van der Waals surface area contributed by atoms with Crippen molar-refractivity contribution in [2.75, 3.05) is 13.1 Å². The second-order valence-corrected chi connectivity index (χ2v) is 7.50. The van der Waals surface area contributed by atoms with E-state index in [4.69, 9.17) is 23.2 Å². The Morgan fingerprint density at radius 3 is 2.83 bits per heavy atom. The van der Waals surface area contributed by atoms with Crippen LogP contribution in [0.2, 0.25) is 10.0 Å². The third kappa shape index (κ3) is 3.56. The molecule has 2 atom stereocenters. The van der Waals surface area contributed by atoms with Crippen LogP contribution in [0.5, 0.6) is 0 Å². The van der Waals surface area contributed by atoms with Gasteiger partial charge in [-0.3, -0.25) is 9.69 Å². The number of aliphatic carboxylic acids is 1. The first-order valence-corrected chi connectivity index (χ1v) is 9.15. The third-order valence-corrected chi connectivity index (χ3v) is 6.01. The van der Waals surface area contributed by atoms with Crippen LogP contribution in [0.3, 0.4) is 0 Å². The number of piperidine rings is 1. The summed E-state index contributed by atoms with van der Waals surface area (Å²) < 4.78 is 0. The fourth-order valence-electron chi connectivity index (χ4n) is 3.15. The fourth-order valence-corrected chi connectivity index (χ4v) is 4.44. The lowest BCUT2D eigenvalue weighted by Gasteiger charge is -2.37. The Morgan fingerprint density at radius 1 is 1.30 bits per heavy atom. The van der Waals surface area contributed by atoms with Crippen molar-refractivity contribution in [3.63, 3.8) is 0 Å². The van der Waals surface area contributed by atoms with Gasteiger partial charge in [0.15, 0.2) is 0 Å². The van der Waals surface area contributed by atoms with Gasteiger partial charge in [0.05, 0.1) is 22.0 Å². The Hall–Kier alpha value is -1.07. The molecule has 2 unspecified atom stereocenters. The number of hydrogen-bond donors (Lipinski definition) is 1. The first-order valence-electron chi connectivity index (χ1n) is 7.52. The zero-order valence-electron chi connectivity index (χ0n) is 12.4. The van der Waals surface area contributed by atoms with Gasteiger partial charge in [-0.25, -0.2) is 0 Å². The topological polar surface area (TPSA) is 40.5 Å². The molecule has 0 spiro atoms. The molecule has 0 aliphatic carbocycles.